The molecular formula is C88H110N8O21. The molecule has 5 heterocycles. The Kier molecular flexibility index (Phi) is 38.6. The van der Waals surface area contributed by atoms with E-state index in [2.05, 4.69) is 98.0 Å². The summed E-state index contributed by atoms with van der Waals surface area (Å²) in [6.45, 7) is 16.1. The minimum atomic E-state index is -1.33. The Labute approximate surface area is 682 Å². The fourth-order valence-corrected chi connectivity index (χ4v) is 12.0. The van der Waals surface area contributed by atoms with Gasteiger partial charge in [0.25, 0.3) is 0 Å². The van der Waals surface area contributed by atoms with Crippen molar-refractivity contribution in [2.75, 3.05) is 190 Å². The molecule has 117 heavy (non-hydrogen) atoms. The first kappa shape index (κ1) is 90.7. The summed E-state index contributed by atoms with van der Waals surface area (Å²) in [5.41, 5.74) is 13.1. The topological polar surface area (TPSA) is 346 Å². The zero-order valence-electron chi connectivity index (χ0n) is 67.6. The van der Waals surface area contributed by atoms with Crippen LogP contribution in [0.15, 0.2) is 140 Å². The maximum absolute atomic E-state index is 13.6. The van der Waals surface area contributed by atoms with Gasteiger partial charge in [0.15, 0.2) is 0 Å². The van der Waals surface area contributed by atoms with Crippen molar-refractivity contribution in [2.24, 2.45) is 0 Å². The molecule has 29 heteroatoms. The summed E-state index contributed by atoms with van der Waals surface area (Å²) in [5.74, 6) is -3.35. The third-order valence-corrected chi connectivity index (χ3v) is 17.0. The number of carbonyl (C=O) groups excluding carboxylic acids is 6. The van der Waals surface area contributed by atoms with Crippen LogP contribution >= 0.6 is 0 Å². The number of nitrogens with zero attached hydrogens (tertiary/aromatic N) is 2. The lowest BCUT2D eigenvalue weighted by Gasteiger charge is -2.19. The first-order valence-corrected chi connectivity index (χ1v) is 39.3. The van der Waals surface area contributed by atoms with Crippen molar-refractivity contribution in [2.45, 2.75) is 65.2 Å². The van der Waals surface area contributed by atoms with Crippen molar-refractivity contribution < 1.29 is 99.8 Å². The number of nitrogens with one attached hydrogen (secondary N) is 6. The number of esters is 2. The highest BCUT2D eigenvalue weighted by atomic mass is 16.6. The molecule has 628 valence electrons. The van der Waals surface area contributed by atoms with Crippen LogP contribution in [0.3, 0.4) is 0 Å². The van der Waals surface area contributed by atoms with Gasteiger partial charge in [0.05, 0.1) is 175 Å². The van der Waals surface area contributed by atoms with Crippen LogP contribution in [0.5, 0.6) is 0 Å². The van der Waals surface area contributed by atoms with Crippen LogP contribution in [0.1, 0.15) is 70.7 Å². The van der Waals surface area contributed by atoms with E-state index in [1.54, 1.807) is 53.7 Å². The van der Waals surface area contributed by atoms with E-state index in [0.29, 0.717) is 104 Å². The molecule has 6 N–H and O–H groups in total. The van der Waals surface area contributed by atoms with Crippen molar-refractivity contribution in [1.29, 1.82) is 0 Å². The predicted octanol–water partition coefficient (Wildman–Crippen LogP) is 10.3. The Morgan fingerprint density at radius 2 is 0.624 bits per heavy atom. The average molecular weight is 1620 g/mol. The zero-order chi connectivity index (χ0) is 82.7. The Morgan fingerprint density at radius 3 is 0.957 bits per heavy atom. The minimum absolute atomic E-state index is 0.0475. The number of fused-ring (bicyclic) bond motifs is 8. The number of anilines is 1. The largest absolute Gasteiger partial charge is 0.458 e. The van der Waals surface area contributed by atoms with Gasteiger partial charge < -0.3 is 102 Å². The van der Waals surface area contributed by atoms with Crippen LogP contribution in [0, 0.1) is 0 Å². The van der Waals surface area contributed by atoms with Gasteiger partial charge in [0, 0.05) is 63.1 Å². The number of amides is 4. The van der Waals surface area contributed by atoms with Crippen LogP contribution in [0.4, 0.5) is 5.69 Å². The molecule has 3 aromatic heterocycles. The standard InChI is InChI=1S/C88H110N8O21/c1-87(2,3)116-80(100)61-113-56-54-111-52-50-109-48-46-107-44-42-105-40-38-103-36-34-89-77(97)58-76(86(102)90-35-37-104-39-41-106-43-45-108-47-49-110-51-53-112-55-57-114-62-81(101)117-88(4,5)6)96-79(99)60-115-59-78(98)91-67-24-22-66(23-25-67)85-74-32-30-72(94-74)83(64-18-12-8-13-19-64)70-28-26-68(92-70)82(63-16-10-7-11-17-63)69-27-29-71(93-69)84(65-20-14-9-15-21-65)73-31-33-75(85)95-73/h7-33,76,92,95H,34-62H2,1-6H3,(H,89,97)(H,90,102)(H,91,98)(H,96,99)/t76-/m0/s1. The molecule has 0 aliphatic carbocycles. The number of ether oxygens (including phenoxy) is 15. The zero-order valence-corrected chi connectivity index (χ0v) is 67.6. The second-order valence-corrected chi connectivity index (χ2v) is 28.6. The molecule has 4 amide bonds. The van der Waals surface area contributed by atoms with Gasteiger partial charge in [-0.05, 0) is 124 Å². The van der Waals surface area contributed by atoms with E-state index < -0.39 is 72.4 Å². The molecule has 4 aromatic carbocycles. The quantitative estimate of drug-likeness (QED) is 0.0152. The smallest absolute Gasteiger partial charge is 0.332 e. The van der Waals surface area contributed by atoms with Crippen molar-refractivity contribution >= 4 is 87.6 Å². The first-order valence-electron chi connectivity index (χ1n) is 39.3. The Bertz CT molecular complexity index is 4430. The van der Waals surface area contributed by atoms with Gasteiger partial charge in [-0.3, -0.25) is 19.2 Å². The number of carbonyl (C=O) groups is 6. The molecule has 29 nitrogen and oxygen atoms in total. The lowest BCUT2D eigenvalue weighted by molar-refractivity contribution is -0.161. The molecule has 0 saturated carbocycles. The summed E-state index contributed by atoms with van der Waals surface area (Å²) in [4.78, 5) is 95.7. The second kappa shape index (κ2) is 49.8. The maximum atomic E-state index is 13.6. The van der Waals surface area contributed by atoms with Gasteiger partial charge in [-0.25, -0.2) is 19.6 Å². The van der Waals surface area contributed by atoms with Crippen molar-refractivity contribution in [1.82, 2.24) is 35.9 Å². The van der Waals surface area contributed by atoms with Gasteiger partial charge >= 0.3 is 11.9 Å². The molecule has 0 fully saturated rings. The van der Waals surface area contributed by atoms with Gasteiger partial charge in [0.2, 0.25) is 23.6 Å². The number of H-pyrrole nitrogens is 2. The Balaban J connectivity index is 0.740. The van der Waals surface area contributed by atoms with E-state index in [9.17, 15) is 28.8 Å². The summed E-state index contributed by atoms with van der Waals surface area (Å²) < 4.78 is 82.0. The fraction of sp³-hybridized carbons (Fsp3) is 0.432. The summed E-state index contributed by atoms with van der Waals surface area (Å²) in [6.07, 6.45) is 7.76. The second-order valence-electron chi connectivity index (χ2n) is 28.6. The third-order valence-electron chi connectivity index (χ3n) is 17.0. The average Bonchev–Trinajstić information content (AvgIpc) is 1.62. The first-order chi connectivity index (χ1) is 56.8. The van der Waals surface area contributed by atoms with Gasteiger partial charge in [-0.15, -0.1) is 0 Å². The lowest BCUT2D eigenvalue weighted by Crippen LogP contribution is -2.50. The summed E-state index contributed by atoms with van der Waals surface area (Å²) in [5, 5.41) is 10.9. The van der Waals surface area contributed by atoms with Crippen LogP contribution in [-0.2, 0) is 99.8 Å². The third kappa shape index (κ3) is 33.0. The molecule has 9 rings (SSSR count). The predicted molar refractivity (Wildman–Crippen MR) is 444 cm³/mol. The summed E-state index contributed by atoms with van der Waals surface area (Å²) in [6, 6.07) is 45.0. The number of aromatic nitrogens is 4. The molecule has 2 aliphatic heterocycles. The van der Waals surface area contributed by atoms with E-state index in [1.165, 1.54) is 0 Å². The van der Waals surface area contributed by atoms with Gasteiger partial charge in [-0.2, -0.15) is 0 Å². The Hall–Kier alpha value is -10.2. The lowest BCUT2D eigenvalue weighted by atomic mass is 10.0. The fourth-order valence-electron chi connectivity index (χ4n) is 12.0. The van der Waals surface area contributed by atoms with E-state index in [4.69, 9.17) is 81.0 Å². The van der Waals surface area contributed by atoms with E-state index in [-0.39, 0.29) is 79.2 Å². The summed E-state index contributed by atoms with van der Waals surface area (Å²) >= 11 is 0. The minimum Gasteiger partial charge on any atom is -0.458 e. The number of rotatable bonds is 53. The molecule has 1 atom stereocenters. The number of aromatic amines is 2. The maximum Gasteiger partial charge on any atom is 0.332 e. The van der Waals surface area contributed by atoms with E-state index >= 15 is 0 Å². The van der Waals surface area contributed by atoms with Crippen molar-refractivity contribution in [3.8, 4) is 44.5 Å². The normalized spacial score (nSPS) is 12.2. The number of hydrogen-bond donors (Lipinski definition) is 6. The monoisotopic (exact) mass is 1610 g/mol. The molecular weight excluding hydrogens is 1510 g/mol. The highest BCUT2D eigenvalue weighted by Gasteiger charge is 2.26. The van der Waals surface area contributed by atoms with Crippen LogP contribution in [0.25, 0.3) is 90.9 Å². The van der Waals surface area contributed by atoms with E-state index in [0.717, 1.165) is 83.7 Å². The number of benzene rings is 4. The van der Waals surface area contributed by atoms with E-state index in [1.807, 2.05) is 84.9 Å². The summed E-state index contributed by atoms with van der Waals surface area (Å²) in [7, 11) is 0. The van der Waals surface area contributed by atoms with Gasteiger partial charge in [0.1, 0.15) is 43.7 Å². The SMILES string of the molecule is CC(C)(C)OC(=O)COCCOCCOCCOCCOCCOCCNC(=O)C[C@H](NC(=O)COCC(=O)Nc1ccc(-c2c3nc(c(-c4ccccc4)c4ccc([nH]4)c(-c4ccccc4)c4nc(c(-c5ccccc5)c5ccc2[nH]5)C=C4)C=C3)cc1)C(=O)NCCOCCOCCOCCOCCOCCOCC(=O)OC(C)(C)C. The highest BCUT2D eigenvalue weighted by molar-refractivity contribution is 6.01. The van der Waals surface area contributed by atoms with Crippen LogP contribution < -0.4 is 21.3 Å². The van der Waals surface area contributed by atoms with Crippen LogP contribution in [0.2, 0.25) is 0 Å². The molecule has 0 unspecified atom stereocenters. The Morgan fingerprint density at radius 1 is 0.325 bits per heavy atom. The molecule has 0 spiro atoms. The van der Waals surface area contributed by atoms with Gasteiger partial charge in [-0.1, -0.05) is 103 Å². The van der Waals surface area contributed by atoms with Crippen molar-refractivity contribution in [3.63, 3.8) is 0 Å². The molecule has 8 bridgehead atoms. The number of hydrogen-bond acceptors (Lipinski definition) is 23. The molecule has 2 aliphatic rings. The highest BCUT2D eigenvalue weighted by Crippen LogP contribution is 2.39. The molecule has 0 saturated heterocycles. The van der Waals surface area contributed by atoms with Crippen molar-refractivity contribution in [3.05, 3.63) is 162 Å². The van der Waals surface area contributed by atoms with Crippen LogP contribution in [-0.4, -0.2) is 258 Å². The molecule has 7 aromatic rings. The molecule has 0 radical (unpaired) electrons.